The number of carbonyl (C=O) groups excluding carboxylic acids is 1. The molecule has 0 spiro atoms. The summed E-state index contributed by atoms with van der Waals surface area (Å²) >= 11 is 0. The summed E-state index contributed by atoms with van der Waals surface area (Å²) in [5, 5.41) is 8.30. The maximum absolute atomic E-state index is 12.6. The summed E-state index contributed by atoms with van der Waals surface area (Å²) in [4.78, 5) is 18.7. The summed E-state index contributed by atoms with van der Waals surface area (Å²) in [5.41, 5.74) is 1.01. The Morgan fingerprint density at radius 1 is 1.15 bits per heavy atom. The van der Waals surface area contributed by atoms with Crippen molar-refractivity contribution < 1.29 is 9.53 Å². The molecular formula is C19H25N5O2. The van der Waals surface area contributed by atoms with Gasteiger partial charge in [-0.25, -0.2) is 0 Å². The first-order valence-electron chi connectivity index (χ1n) is 8.80. The number of hydrogen-bond acceptors (Lipinski definition) is 6. The lowest BCUT2D eigenvalue weighted by atomic mass is 10.2. The zero-order chi connectivity index (χ0) is 18.5. The number of hydrogen-bond donors (Lipinski definition) is 0. The third-order valence-corrected chi connectivity index (χ3v) is 4.46. The molecule has 7 nitrogen and oxygen atoms in total. The summed E-state index contributed by atoms with van der Waals surface area (Å²) in [7, 11) is 3.96. The van der Waals surface area contributed by atoms with Gasteiger partial charge >= 0.3 is 0 Å². The van der Waals surface area contributed by atoms with Crippen molar-refractivity contribution in [2.45, 2.75) is 13.0 Å². The minimum atomic E-state index is -0.499. The molecule has 1 fully saturated rings. The van der Waals surface area contributed by atoms with E-state index in [0.29, 0.717) is 18.8 Å². The van der Waals surface area contributed by atoms with Gasteiger partial charge in [-0.05, 0) is 19.1 Å². The zero-order valence-corrected chi connectivity index (χ0v) is 15.5. The molecule has 1 aliphatic rings. The zero-order valence-electron chi connectivity index (χ0n) is 15.5. The van der Waals surface area contributed by atoms with E-state index in [4.69, 9.17) is 4.74 Å². The van der Waals surface area contributed by atoms with Crippen molar-refractivity contribution in [3.63, 3.8) is 0 Å². The molecule has 0 unspecified atom stereocenters. The Morgan fingerprint density at radius 3 is 2.50 bits per heavy atom. The third-order valence-electron chi connectivity index (χ3n) is 4.46. The first kappa shape index (κ1) is 18.0. The highest BCUT2D eigenvalue weighted by Gasteiger charge is 2.26. The van der Waals surface area contributed by atoms with Gasteiger partial charge in [0.1, 0.15) is 5.75 Å². The Bertz CT molecular complexity index is 730. The Balaban J connectivity index is 1.56. The van der Waals surface area contributed by atoms with Crippen LogP contribution in [0, 0.1) is 0 Å². The van der Waals surface area contributed by atoms with Gasteiger partial charge in [0.25, 0.3) is 5.91 Å². The van der Waals surface area contributed by atoms with Crippen LogP contribution in [-0.4, -0.2) is 67.4 Å². The van der Waals surface area contributed by atoms with Gasteiger partial charge in [-0.1, -0.05) is 18.2 Å². The standard InChI is InChI=1S/C19H25N5O2/c1-15(26-17-7-5-4-6-8-17)19(25)24-11-9-23(10-12-24)18-13-16(22(2)3)14-20-21-18/h4-8,13-15H,9-12H2,1-3H3/t15-/m1/s1. The van der Waals surface area contributed by atoms with Crippen LogP contribution in [-0.2, 0) is 4.79 Å². The topological polar surface area (TPSA) is 61.8 Å². The molecule has 2 heterocycles. The molecule has 3 rings (SSSR count). The summed E-state index contributed by atoms with van der Waals surface area (Å²) in [6, 6.07) is 11.5. The molecule has 1 saturated heterocycles. The lowest BCUT2D eigenvalue weighted by Gasteiger charge is -2.36. The second kappa shape index (κ2) is 8.03. The fourth-order valence-electron chi connectivity index (χ4n) is 2.91. The van der Waals surface area contributed by atoms with E-state index in [0.717, 1.165) is 24.6 Å². The number of benzene rings is 1. The number of carbonyl (C=O) groups is 1. The van der Waals surface area contributed by atoms with E-state index in [1.807, 2.05) is 60.3 Å². The number of aromatic nitrogens is 2. The van der Waals surface area contributed by atoms with Crippen LogP contribution >= 0.6 is 0 Å². The van der Waals surface area contributed by atoms with Crippen LogP contribution in [0.25, 0.3) is 0 Å². The molecule has 0 aliphatic carbocycles. The van der Waals surface area contributed by atoms with Gasteiger partial charge in [0.2, 0.25) is 0 Å². The normalized spacial score (nSPS) is 15.5. The van der Waals surface area contributed by atoms with Gasteiger partial charge < -0.3 is 19.4 Å². The largest absolute Gasteiger partial charge is 0.481 e. The molecule has 1 atom stereocenters. The highest BCUT2D eigenvalue weighted by molar-refractivity contribution is 5.81. The molecular weight excluding hydrogens is 330 g/mol. The van der Waals surface area contributed by atoms with Crippen LogP contribution in [0.15, 0.2) is 42.6 Å². The SMILES string of the molecule is C[C@@H](Oc1ccccc1)C(=O)N1CCN(c2cc(N(C)C)cnn2)CC1. The van der Waals surface area contributed by atoms with Crippen molar-refractivity contribution in [2.24, 2.45) is 0 Å². The number of ether oxygens (including phenoxy) is 1. The summed E-state index contributed by atoms with van der Waals surface area (Å²) in [6.45, 7) is 4.56. The molecule has 138 valence electrons. The van der Waals surface area contributed by atoms with Crippen molar-refractivity contribution in [1.29, 1.82) is 0 Å². The van der Waals surface area contributed by atoms with Crippen LogP contribution in [0.3, 0.4) is 0 Å². The van der Waals surface area contributed by atoms with Crippen molar-refractivity contribution in [1.82, 2.24) is 15.1 Å². The van der Waals surface area contributed by atoms with Gasteiger partial charge in [0.05, 0.1) is 11.9 Å². The maximum Gasteiger partial charge on any atom is 0.263 e. The molecule has 1 aliphatic heterocycles. The van der Waals surface area contributed by atoms with E-state index in [1.54, 1.807) is 13.1 Å². The number of para-hydroxylation sites is 1. The molecule has 1 aromatic carbocycles. The lowest BCUT2D eigenvalue weighted by Crippen LogP contribution is -2.52. The van der Waals surface area contributed by atoms with Gasteiger partial charge in [-0.2, -0.15) is 5.10 Å². The molecule has 1 amide bonds. The van der Waals surface area contributed by atoms with E-state index in [1.165, 1.54) is 0 Å². The van der Waals surface area contributed by atoms with Crippen molar-refractivity contribution in [2.75, 3.05) is 50.1 Å². The smallest absolute Gasteiger partial charge is 0.263 e. The number of rotatable bonds is 5. The van der Waals surface area contributed by atoms with Crippen molar-refractivity contribution in [3.8, 4) is 5.75 Å². The highest BCUT2D eigenvalue weighted by Crippen LogP contribution is 2.19. The molecule has 26 heavy (non-hydrogen) atoms. The van der Waals surface area contributed by atoms with E-state index >= 15 is 0 Å². The monoisotopic (exact) mass is 355 g/mol. The molecule has 0 saturated carbocycles. The number of piperazine rings is 1. The van der Waals surface area contributed by atoms with E-state index in [2.05, 4.69) is 15.1 Å². The number of nitrogens with zero attached hydrogens (tertiary/aromatic N) is 5. The van der Waals surface area contributed by atoms with E-state index in [9.17, 15) is 4.79 Å². The third kappa shape index (κ3) is 4.22. The molecule has 7 heteroatoms. The summed E-state index contributed by atoms with van der Waals surface area (Å²) in [6.07, 6.45) is 1.24. The first-order chi connectivity index (χ1) is 12.5. The second-order valence-corrected chi connectivity index (χ2v) is 6.55. The van der Waals surface area contributed by atoms with Crippen LogP contribution in [0.4, 0.5) is 11.5 Å². The fraction of sp³-hybridized carbons (Fsp3) is 0.421. The van der Waals surface area contributed by atoms with Crippen LogP contribution in [0.1, 0.15) is 6.92 Å². The van der Waals surface area contributed by atoms with Crippen LogP contribution in [0.2, 0.25) is 0 Å². The number of anilines is 2. The average molecular weight is 355 g/mol. The summed E-state index contributed by atoms with van der Waals surface area (Å²) < 4.78 is 5.75. The van der Waals surface area contributed by atoms with Crippen LogP contribution < -0.4 is 14.5 Å². The Kier molecular flexibility index (Phi) is 5.55. The number of amides is 1. The Labute approximate surface area is 154 Å². The highest BCUT2D eigenvalue weighted by atomic mass is 16.5. The molecule has 1 aromatic heterocycles. The van der Waals surface area contributed by atoms with Gasteiger partial charge in [-0.3, -0.25) is 4.79 Å². The Morgan fingerprint density at radius 2 is 1.85 bits per heavy atom. The minimum absolute atomic E-state index is 0.0154. The van der Waals surface area contributed by atoms with Gasteiger partial charge in [-0.15, -0.1) is 5.10 Å². The van der Waals surface area contributed by atoms with Gasteiger partial charge in [0, 0.05) is 46.3 Å². The minimum Gasteiger partial charge on any atom is -0.481 e. The molecule has 0 radical (unpaired) electrons. The second-order valence-electron chi connectivity index (χ2n) is 6.55. The molecule has 0 N–H and O–H groups in total. The molecule has 0 bridgehead atoms. The predicted octanol–water partition coefficient (Wildman–Crippen LogP) is 1.66. The fourth-order valence-corrected chi connectivity index (χ4v) is 2.91. The first-order valence-corrected chi connectivity index (χ1v) is 8.80. The van der Waals surface area contributed by atoms with Crippen molar-refractivity contribution in [3.05, 3.63) is 42.6 Å². The van der Waals surface area contributed by atoms with Gasteiger partial charge in [0.15, 0.2) is 11.9 Å². The lowest BCUT2D eigenvalue weighted by molar-refractivity contribution is -0.138. The predicted molar refractivity (Wildman–Crippen MR) is 102 cm³/mol. The van der Waals surface area contributed by atoms with Crippen molar-refractivity contribution >= 4 is 17.4 Å². The van der Waals surface area contributed by atoms with E-state index in [-0.39, 0.29) is 5.91 Å². The summed E-state index contributed by atoms with van der Waals surface area (Å²) in [5.74, 6) is 1.57. The Hall–Kier alpha value is -2.83. The van der Waals surface area contributed by atoms with Crippen LogP contribution in [0.5, 0.6) is 5.75 Å². The quantitative estimate of drug-likeness (QED) is 0.813. The molecule has 2 aromatic rings. The average Bonchev–Trinajstić information content (AvgIpc) is 2.68. The maximum atomic E-state index is 12.6. The van der Waals surface area contributed by atoms with E-state index < -0.39 is 6.10 Å².